The Morgan fingerprint density at radius 1 is 0.403 bits per heavy atom. The van der Waals surface area contributed by atoms with Gasteiger partial charge in [-0.3, -0.25) is 9.36 Å². The molecule has 0 unspecified atom stereocenters. The Bertz CT molecular complexity index is 3570. The zero-order valence-corrected chi connectivity index (χ0v) is 34.8. The van der Waals surface area contributed by atoms with Gasteiger partial charge in [0.1, 0.15) is 0 Å². The first-order chi connectivity index (χ1) is 30.6. The first-order valence-corrected chi connectivity index (χ1v) is 21.6. The van der Waals surface area contributed by atoms with Gasteiger partial charge in [0.25, 0.3) is 5.56 Å². The van der Waals surface area contributed by atoms with Crippen molar-refractivity contribution in [2.75, 3.05) is 0 Å². The zero-order chi connectivity index (χ0) is 41.7. The third-order valence-electron chi connectivity index (χ3n) is 12.6. The molecule has 0 spiro atoms. The van der Waals surface area contributed by atoms with E-state index in [1.54, 1.807) is 0 Å². The van der Waals surface area contributed by atoms with Gasteiger partial charge in [-0.05, 0) is 137 Å². The average Bonchev–Trinajstić information content (AvgIpc) is 3.33. The Labute approximate surface area is 361 Å². The van der Waals surface area contributed by atoms with Crippen molar-refractivity contribution >= 4 is 70.5 Å². The number of rotatable bonds is 7. The lowest BCUT2D eigenvalue weighted by atomic mass is 9.85. The first kappa shape index (κ1) is 37.2. The summed E-state index contributed by atoms with van der Waals surface area (Å²) < 4.78 is 1.92. The zero-order valence-electron chi connectivity index (χ0n) is 34.8. The van der Waals surface area contributed by atoms with Crippen molar-refractivity contribution in [1.29, 1.82) is 0 Å². The monoisotopic (exact) mass is 793 g/mol. The van der Waals surface area contributed by atoms with Crippen LogP contribution in [0.15, 0.2) is 217 Å². The minimum atomic E-state index is -0.0261. The van der Waals surface area contributed by atoms with Crippen molar-refractivity contribution in [2.24, 2.45) is 0 Å². The number of fused-ring (bicyclic) bond motifs is 7. The van der Waals surface area contributed by atoms with E-state index in [2.05, 4.69) is 207 Å². The van der Waals surface area contributed by atoms with Gasteiger partial charge in [-0.1, -0.05) is 189 Å². The van der Waals surface area contributed by atoms with Crippen molar-refractivity contribution in [3.05, 3.63) is 223 Å². The van der Waals surface area contributed by atoms with Crippen LogP contribution in [0.4, 0.5) is 0 Å². The van der Waals surface area contributed by atoms with Crippen LogP contribution in [0.25, 0.3) is 115 Å². The normalized spacial score (nSPS) is 12.2. The van der Waals surface area contributed by atoms with Gasteiger partial charge in [0.2, 0.25) is 0 Å². The molecule has 0 bridgehead atoms. The summed E-state index contributed by atoms with van der Waals surface area (Å²) in [5.41, 5.74) is 11.1. The summed E-state index contributed by atoms with van der Waals surface area (Å²) in [6, 6.07) is 69.8. The molecule has 62 heavy (non-hydrogen) atoms. The van der Waals surface area contributed by atoms with Crippen molar-refractivity contribution < 1.29 is 0 Å². The number of pyridine rings is 1. The fourth-order valence-corrected chi connectivity index (χ4v) is 10.0. The molecule has 0 fully saturated rings. The Balaban J connectivity index is 1.25. The lowest BCUT2D eigenvalue weighted by Gasteiger charge is -2.20. The van der Waals surface area contributed by atoms with Gasteiger partial charge in [-0.2, -0.15) is 0 Å². The fourth-order valence-electron chi connectivity index (χ4n) is 10.0. The van der Waals surface area contributed by atoms with Crippen LogP contribution in [0, 0.1) is 0 Å². The third kappa shape index (κ3) is 5.90. The second-order valence-corrected chi connectivity index (χ2v) is 16.1. The smallest absolute Gasteiger partial charge is 0.263 e. The second-order valence-electron chi connectivity index (χ2n) is 16.1. The van der Waals surface area contributed by atoms with Crippen LogP contribution in [-0.2, 0) is 0 Å². The predicted octanol–water partition coefficient (Wildman–Crippen LogP) is 16.3. The summed E-state index contributed by atoms with van der Waals surface area (Å²) in [4.78, 5) is 15.0. The Morgan fingerprint density at radius 2 is 0.774 bits per heavy atom. The van der Waals surface area contributed by atoms with Gasteiger partial charge in [-0.15, -0.1) is 0 Å². The number of allylic oxidation sites excluding steroid dienone is 4. The molecule has 0 saturated carbocycles. The van der Waals surface area contributed by atoms with Crippen molar-refractivity contribution in [3.8, 4) is 44.5 Å². The molecule has 2 heteroatoms. The SMILES string of the molecule is C/C=C\C(=C/CC)n1c(=O)c2ccc(-c3c4ccccc4c(-c4ccccc4)c4ccccc34)cc2c2cc(-c3c4ccccc4c(-c4ccccc4)c4ccccc34)ccc21. The van der Waals surface area contributed by atoms with Crippen LogP contribution in [-0.4, -0.2) is 4.57 Å². The van der Waals surface area contributed by atoms with Crippen molar-refractivity contribution in [2.45, 2.75) is 20.3 Å². The van der Waals surface area contributed by atoms with Crippen LogP contribution >= 0.6 is 0 Å². The average molecular weight is 794 g/mol. The Morgan fingerprint density at radius 3 is 1.18 bits per heavy atom. The van der Waals surface area contributed by atoms with Gasteiger partial charge in [0.05, 0.1) is 5.52 Å². The van der Waals surface area contributed by atoms with E-state index < -0.39 is 0 Å². The molecule has 294 valence electrons. The number of benzene rings is 10. The minimum Gasteiger partial charge on any atom is -0.277 e. The van der Waals surface area contributed by atoms with E-state index in [0.29, 0.717) is 5.39 Å². The summed E-state index contributed by atoms with van der Waals surface area (Å²) in [6.45, 7) is 4.13. The first-order valence-electron chi connectivity index (χ1n) is 21.6. The Kier molecular flexibility index (Phi) is 9.20. The second kappa shape index (κ2) is 15.3. The van der Waals surface area contributed by atoms with Crippen LogP contribution in [0.5, 0.6) is 0 Å². The maximum atomic E-state index is 15.0. The summed E-state index contributed by atoms with van der Waals surface area (Å²) in [5, 5.41) is 12.2. The summed E-state index contributed by atoms with van der Waals surface area (Å²) in [7, 11) is 0. The third-order valence-corrected chi connectivity index (χ3v) is 12.6. The maximum Gasteiger partial charge on any atom is 0.263 e. The van der Waals surface area contributed by atoms with Crippen molar-refractivity contribution in [3.63, 3.8) is 0 Å². The molecule has 10 aromatic carbocycles. The Hall–Kier alpha value is -7.81. The van der Waals surface area contributed by atoms with E-state index in [4.69, 9.17) is 0 Å². The van der Waals surface area contributed by atoms with Crippen LogP contribution in [0.1, 0.15) is 20.3 Å². The standard InChI is InChI=1S/C60H43NO/c1-3-19-43(20-4-2)61-55-36-34-42(59-50-31-17-13-27-46(50)57(40-23-9-6-10-24-40)47-28-14-18-32-51(47)59)38-54(55)53-37-41(33-35-52(53)60(61)62)58-48-29-15-11-25-44(48)56(39-21-7-5-8-22-39)45-26-12-16-30-49(45)58/h3,5-38H,4H2,1-2H3/b19-3-,43-20+. The highest BCUT2D eigenvalue weighted by molar-refractivity contribution is 6.24. The van der Waals surface area contributed by atoms with E-state index >= 15 is 0 Å². The number of hydrogen-bond donors (Lipinski definition) is 0. The molecular weight excluding hydrogens is 751 g/mol. The molecule has 0 aliphatic rings. The summed E-state index contributed by atoms with van der Waals surface area (Å²) in [6.07, 6.45) is 7.01. The van der Waals surface area contributed by atoms with E-state index in [0.717, 1.165) is 39.5 Å². The van der Waals surface area contributed by atoms with Gasteiger partial charge in [-0.25, -0.2) is 0 Å². The number of aromatic nitrogens is 1. The van der Waals surface area contributed by atoms with E-state index in [9.17, 15) is 4.79 Å². The minimum absolute atomic E-state index is 0.0261. The summed E-state index contributed by atoms with van der Waals surface area (Å²) in [5.74, 6) is 0. The number of nitrogens with zero attached hydrogens (tertiary/aromatic N) is 1. The van der Waals surface area contributed by atoms with Crippen molar-refractivity contribution in [1.82, 2.24) is 4.57 Å². The molecule has 0 N–H and O–H groups in total. The van der Waals surface area contributed by atoms with E-state index in [1.165, 1.54) is 76.5 Å². The highest BCUT2D eigenvalue weighted by Gasteiger charge is 2.21. The van der Waals surface area contributed by atoms with E-state index in [-0.39, 0.29) is 5.56 Å². The van der Waals surface area contributed by atoms with Crippen LogP contribution in [0.2, 0.25) is 0 Å². The highest BCUT2D eigenvalue weighted by atomic mass is 16.1. The number of hydrogen-bond acceptors (Lipinski definition) is 1. The van der Waals surface area contributed by atoms with Crippen LogP contribution in [0.3, 0.4) is 0 Å². The lowest BCUT2D eigenvalue weighted by molar-refractivity contribution is 1.08. The molecule has 0 saturated heterocycles. The molecule has 2 nitrogen and oxygen atoms in total. The molecule has 0 amide bonds. The molecule has 11 rings (SSSR count). The molecule has 0 aliphatic heterocycles. The topological polar surface area (TPSA) is 22.0 Å². The molecule has 0 aliphatic carbocycles. The molecule has 0 atom stereocenters. The van der Waals surface area contributed by atoms with Gasteiger partial charge in [0, 0.05) is 16.5 Å². The summed E-state index contributed by atoms with van der Waals surface area (Å²) >= 11 is 0. The molecule has 0 radical (unpaired) electrons. The maximum absolute atomic E-state index is 15.0. The molecule has 1 heterocycles. The highest BCUT2D eigenvalue weighted by Crippen LogP contribution is 2.46. The largest absolute Gasteiger partial charge is 0.277 e. The van der Waals surface area contributed by atoms with Crippen LogP contribution < -0.4 is 5.56 Å². The van der Waals surface area contributed by atoms with Gasteiger partial charge >= 0.3 is 0 Å². The molecule has 1 aromatic heterocycles. The quantitative estimate of drug-likeness (QED) is 0.0895. The van der Waals surface area contributed by atoms with Gasteiger partial charge in [0.15, 0.2) is 0 Å². The molecular formula is C60H43NO. The molecule has 11 aromatic rings. The lowest BCUT2D eigenvalue weighted by Crippen LogP contribution is -2.20. The predicted molar refractivity (Wildman–Crippen MR) is 267 cm³/mol. The fraction of sp³-hybridized carbons (Fsp3) is 0.0500. The van der Waals surface area contributed by atoms with E-state index in [1.807, 2.05) is 23.6 Å². The van der Waals surface area contributed by atoms with Gasteiger partial charge < -0.3 is 0 Å².